The average Bonchev–Trinajstić information content (AvgIpc) is 2.74. The van der Waals surface area contributed by atoms with Crippen molar-refractivity contribution < 1.29 is 13.2 Å². The molecule has 0 aromatic carbocycles. The van der Waals surface area contributed by atoms with Crippen molar-refractivity contribution in [2.45, 2.75) is 19.6 Å². The number of aryl methyl sites for hydroxylation is 2. The van der Waals surface area contributed by atoms with Crippen molar-refractivity contribution >= 4 is 0 Å². The molecule has 17 heavy (non-hydrogen) atoms. The van der Waals surface area contributed by atoms with Gasteiger partial charge in [0, 0.05) is 13.2 Å². The minimum atomic E-state index is -4.40. The summed E-state index contributed by atoms with van der Waals surface area (Å²) in [7, 11) is 1.75. The SMILES string of the molecule is Cc1cc(Cn2ccc(C(F)(F)F)n2)n(C)n1. The van der Waals surface area contributed by atoms with Gasteiger partial charge in [0.15, 0.2) is 5.69 Å². The predicted molar refractivity (Wildman–Crippen MR) is 54.3 cm³/mol. The van der Waals surface area contributed by atoms with Crippen LogP contribution in [0.15, 0.2) is 18.3 Å². The Kier molecular flexibility index (Phi) is 2.68. The normalized spacial score (nSPS) is 12.1. The summed E-state index contributed by atoms with van der Waals surface area (Å²) in [5.74, 6) is 0. The minimum absolute atomic E-state index is 0.271. The topological polar surface area (TPSA) is 35.6 Å². The van der Waals surface area contributed by atoms with Crippen LogP contribution in [-0.4, -0.2) is 19.6 Å². The molecule has 0 fully saturated rings. The highest BCUT2D eigenvalue weighted by atomic mass is 19.4. The Morgan fingerprint density at radius 3 is 2.47 bits per heavy atom. The van der Waals surface area contributed by atoms with Crippen LogP contribution in [0.2, 0.25) is 0 Å². The van der Waals surface area contributed by atoms with Gasteiger partial charge in [-0.25, -0.2) is 0 Å². The Morgan fingerprint density at radius 2 is 2.00 bits per heavy atom. The van der Waals surface area contributed by atoms with E-state index in [4.69, 9.17) is 0 Å². The highest BCUT2D eigenvalue weighted by molar-refractivity contribution is 5.10. The van der Waals surface area contributed by atoms with Gasteiger partial charge in [0.2, 0.25) is 0 Å². The van der Waals surface area contributed by atoms with Gasteiger partial charge in [-0.3, -0.25) is 9.36 Å². The van der Waals surface area contributed by atoms with Crippen molar-refractivity contribution in [1.29, 1.82) is 0 Å². The van der Waals surface area contributed by atoms with Gasteiger partial charge in [-0.2, -0.15) is 23.4 Å². The van der Waals surface area contributed by atoms with Gasteiger partial charge in [0.1, 0.15) is 0 Å². The van der Waals surface area contributed by atoms with Crippen molar-refractivity contribution in [3.63, 3.8) is 0 Å². The van der Waals surface area contributed by atoms with Crippen molar-refractivity contribution in [2.24, 2.45) is 7.05 Å². The number of hydrogen-bond donors (Lipinski definition) is 0. The summed E-state index contributed by atoms with van der Waals surface area (Å²) < 4.78 is 39.9. The van der Waals surface area contributed by atoms with E-state index < -0.39 is 11.9 Å². The minimum Gasteiger partial charge on any atom is -0.270 e. The molecule has 2 heterocycles. The zero-order chi connectivity index (χ0) is 12.6. The lowest BCUT2D eigenvalue weighted by Gasteiger charge is -2.03. The van der Waals surface area contributed by atoms with E-state index in [1.54, 1.807) is 11.7 Å². The fraction of sp³-hybridized carbons (Fsp3) is 0.400. The molecule has 4 nitrogen and oxygen atoms in total. The first-order chi connectivity index (χ1) is 7.86. The summed E-state index contributed by atoms with van der Waals surface area (Å²) in [6.45, 7) is 2.10. The molecule has 0 spiro atoms. The molecular weight excluding hydrogens is 233 g/mol. The smallest absolute Gasteiger partial charge is 0.270 e. The molecule has 0 N–H and O–H groups in total. The molecule has 0 saturated carbocycles. The first-order valence-corrected chi connectivity index (χ1v) is 4.96. The number of alkyl halides is 3. The maximum absolute atomic E-state index is 12.3. The molecule has 0 amide bonds. The van der Waals surface area contributed by atoms with Gasteiger partial charge >= 0.3 is 6.18 Å². The first-order valence-electron chi connectivity index (χ1n) is 4.96. The lowest BCUT2D eigenvalue weighted by molar-refractivity contribution is -0.141. The van der Waals surface area contributed by atoms with Gasteiger partial charge in [0.05, 0.1) is 17.9 Å². The summed E-state index contributed by atoms with van der Waals surface area (Å²) in [5, 5.41) is 7.59. The van der Waals surface area contributed by atoms with E-state index in [-0.39, 0.29) is 6.54 Å². The zero-order valence-electron chi connectivity index (χ0n) is 9.36. The summed E-state index contributed by atoms with van der Waals surface area (Å²) in [6.07, 6.45) is -3.08. The van der Waals surface area contributed by atoms with Crippen molar-refractivity contribution in [3.8, 4) is 0 Å². The first kappa shape index (κ1) is 11.7. The summed E-state index contributed by atoms with van der Waals surface area (Å²) in [6, 6.07) is 2.78. The third kappa shape index (κ3) is 2.48. The number of aromatic nitrogens is 4. The maximum atomic E-state index is 12.3. The fourth-order valence-corrected chi connectivity index (χ4v) is 1.58. The Hall–Kier alpha value is -1.79. The lowest BCUT2D eigenvalue weighted by atomic mass is 10.4. The standard InChI is InChI=1S/C10H11F3N4/c1-7-5-8(16(2)14-7)6-17-4-3-9(15-17)10(11,12)13/h3-5H,6H2,1-2H3. The van der Waals surface area contributed by atoms with Crippen LogP contribution in [-0.2, 0) is 19.8 Å². The Morgan fingerprint density at radius 1 is 1.29 bits per heavy atom. The second-order valence-electron chi connectivity index (χ2n) is 3.80. The van der Waals surface area contributed by atoms with Gasteiger partial charge in [-0.15, -0.1) is 0 Å². The van der Waals surface area contributed by atoms with Gasteiger partial charge in [-0.05, 0) is 19.1 Å². The highest BCUT2D eigenvalue weighted by Gasteiger charge is 2.33. The van der Waals surface area contributed by atoms with Crippen LogP contribution in [0.3, 0.4) is 0 Å². The second kappa shape index (κ2) is 3.90. The third-order valence-electron chi connectivity index (χ3n) is 2.35. The average molecular weight is 244 g/mol. The number of hydrogen-bond acceptors (Lipinski definition) is 2. The number of halogens is 3. The predicted octanol–water partition coefficient (Wildman–Crippen LogP) is 1.99. The molecule has 0 unspecified atom stereocenters. The zero-order valence-corrected chi connectivity index (χ0v) is 9.36. The number of rotatable bonds is 2. The molecule has 0 bridgehead atoms. The molecule has 0 atom stereocenters. The Labute approximate surface area is 95.7 Å². The van der Waals surface area contributed by atoms with Crippen molar-refractivity contribution in [2.75, 3.05) is 0 Å². The summed E-state index contributed by atoms with van der Waals surface area (Å²) >= 11 is 0. The maximum Gasteiger partial charge on any atom is 0.435 e. The molecule has 7 heteroatoms. The van der Waals surface area contributed by atoms with E-state index in [0.29, 0.717) is 0 Å². The van der Waals surface area contributed by atoms with Crippen LogP contribution < -0.4 is 0 Å². The van der Waals surface area contributed by atoms with Gasteiger partial charge in [0.25, 0.3) is 0 Å². The van der Waals surface area contributed by atoms with E-state index in [1.807, 2.05) is 13.0 Å². The van der Waals surface area contributed by atoms with Crippen LogP contribution in [0.4, 0.5) is 13.2 Å². The quantitative estimate of drug-likeness (QED) is 0.809. The van der Waals surface area contributed by atoms with Crippen molar-refractivity contribution in [3.05, 3.63) is 35.4 Å². The van der Waals surface area contributed by atoms with E-state index >= 15 is 0 Å². The molecule has 2 rings (SSSR count). The van der Waals surface area contributed by atoms with Gasteiger partial charge in [-0.1, -0.05) is 0 Å². The van der Waals surface area contributed by atoms with Crippen LogP contribution in [0.5, 0.6) is 0 Å². The molecule has 2 aromatic rings. The monoisotopic (exact) mass is 244 g/mol. The highest BCUT2D eigenvalue weighted by Crippen LogP contribution is 2.27. The lowest BCUT2D eigenvalue weighted by Crippen LogP contribution is -2.10. The molecule has 0 aliphatic carbocycles. The van der Waals surface area contributed by atoms with E-state index in [9.17, 15) is 13.2 Å². The largest absolute Gasteiger partial charge is 0.435 e. The molecule has 0 radical (unpaired) electrons. The fourth-order valence-electron chi connectivity index (χ4n) is 1.58. The Bertz CT molecular complexity index is 524. The third-order valence-corrected chi connectivity index (χ3v) is 2.35. The van der Waals surface area contributed by atoms with Crippen LogP contribution in [0, 0.1) is 6.92 Å². The molecule has 0 saturated heterocycles. The van der Waals surface area contributed by atoms with Crippen LogP contribution >= 0.6 is 0 Å². The van der Waals surface area contributed by atoms with Crippen LogP contribution in [0.25, 0.3) is 0 Å². The Balaban J connectivity index is 2.20. The molecule has 92 valence electrons. The summed E-state index contributed by atoms with van der Waals surface area (Å²) in [5.41, 5.74) is 0.751. The van der Waals surface area contributed by atoms with E-state index in [2.05, 4.69) is 10.2 Å². The van der Waals surface area contributed by atoms with E-state index in [1.165, 1.54) is 10.9 Å². The summed E-state index contributed by atoms with van der Waals surface area (Å²) in [4.78, 5) is 0. The van der Waals surface area contributed by atoms with Crippen LogP contribution in [0.1, 0.15) is 17.1 Å². The molecule has 0 aliphatic heterocycles. The van der Waals surface area contributed by atoms with Crippen molar-refractivity contribution in [1.82, 2.24) is 19.6 Å². The van der Waals surface area contributed by atoms with E-state index in [0.717, 1.165) is 17.5 Å². The number of nitrogens with zero attached hydrogens (tertiary/aromatic N) is 4. The van der Waals surface area contributed by atoms with Gasteiger partial charge < -0.3 is 0 Å². The molecule has 0 aliphatic rings. The molecular formula is C10H11F3N4. The second-order valence-corrected chi connectivity index (χ2v) is 3.80. The molecule has 2 aromatic heterocycles.